The van der Waals surface area contributed by atoms with Crippen molar-refractivity contribution in [3.8, 4) is 22.8 Å². The molecule has 3 aromatic rings. The molecule has 3 rings (SSSR count). The zero-order chi connectivity index (χ0) is 16.2. The molecule has 2 aromatic heterocycles. The first kappa shape index (κ1) is 15.5. The zero-order valence-corrected chi connectivity index (χ0v) is 13.7. The van der Waals surface area contributed by atoms with E-state index in [-0.39, 0.29) is 6.04 Å². The lowest BCUT2D eigenvalue weighted by molar-refractivity contribution is 0.355. The number of thiophene rings is 1. The van der Waals surface area contributed by atoms with Crippen LogP contribution in [0.5, 0.6) is 11.5 Å². The van der Waals surface area contributed by atoms with Gasteiger partial charge in [0.15, 0.2) is 11.5 Å². The van der Waals surface area contributed by atoms with Gasteiger partial charge in [-0.3, -0.25) is 0 Å². The maximum Gasteiger partial charge on any atom is 0.161 e. The molecule has 5 nitrogen and oxygen atoms in total. The SMILES string of the molecule is COc1ccc(-c2ccc(C(N)c3cccs3)nn2)cc1OC. The molecule has 0 saturated carbocycles. The van der Waals surface area contributed by atoms with Crippen LogP contribution >= 0.6 is 11.3 Å². The number of hydrogen-bond acceptors (Lipinski definition) is 6. The third-order valence-corrected chi connectivity index (χ3v) is 4.49. The highest BCUT2D eigenvalue weighted by Crippen LogP contribution is 2.31. The fourth-order valence-corrected chi connectivity index (χ4v) is 3.01. The standard InChI is InChI=1S/C17H17N3O2S/c1-21-14-8-5-11(10-15(14)22-2)12-6-7-13(20-19-12)17(18)16-4-3-9-23-16/h3-10,17H,18H2,1-2H3. The van der Waals surface area contributed by atoms with Crippen molar-refractivity contribution in [2.24, 2.45) is 5.73 Å². The van der Waals surface area contributed by atoms with E-state index >= 15 is 0 Å². The van der Waals surface area contributed by atoms with Gasteiger partial charge in [-0.1, -0.05) is 6.07 Å². The number of hydrogen-bond donors (Lipinski definition) is 1. The molecule has 118 valence electrons. The summed E-state index contributed by atoms with van der Waals surface area (Å²) in [6.07, 6.45) is 0. The third-order valence-electron chi connectivity index (χ3n) is 3.53. The van der Waals surface area contributed by atoms with Crippen molar-refractivity contribution in [3.05, 3.63) is 58.4 Å². The number of aromatic nitrogens is 2. The van der Waals surface area contributed by atoms with E-state index in [9.17, 15) is 0 Å². The quantitative estimate of drug-likeness (QED) is 0.779. The lowest BCUT2D eigenvalue weighted by Gasteiger charge is -2.10. The molecule has 0 saturated heterocycles. The van der Waals surface area contributed by atoms with Gasteiger partial charge < -0.3 is 15.2 Å². The van der Waals surface area contributed by atoms with E-state index < -0.39 is 0 Å². The summed E-state index contributed by atoms with van der Waals surface area (Å²) in [7, 11) is 3.22. The van der Waals surface area contributed by atoms with Crippen LogP contribution in [0.1, 0.15) is 16.6 Å². The highest BCUT2D eigenvalue weighted by molar-refractivity contribution is 7.10. The number of rotatable bonds is 5. The van der Waals surface area contributed by atoms with Gasteiger partial charge in [-0.25, -0.2) is 0 Å². The molecule has 2 N–H and O–H groups in total. The number of ether oxygens (including phenoxy) is 2. The number of methoxy groups -OCH3 is 2. The molecule has 1 aromatic carbocycles. The molecular formula is C17H17N3O2S. The molecule has 1 atom stereocenters. The second kappa shape index (κ2) is 6.76. The number of nitrogens with zero attached hydrogens (tertiary/aromatic N) is 2. The summed E-state index contributed by atoms with van der Waals surface area (Å²) in [5, 5.41) is 10.6. The number of benzene rings is 1. The summed E-state index contributed by atoms with van der Waals surface area (Å²) in [4.78, 5) is 1.07. The Morgan fingerprint density at radius 1 is 1.00 bits per heavy atom. The first-order valence-corrected chi connectivity index (χ1v) is 7.96. The van der Waals surface area contributed by atoms with E-state index in [0.717, 1.165) is 21.8 Å². The lowest BCUT2D eigenvalue weighted by Crippen LogP contribution is -2.12. The highest BCUT2D eigenvalue weighted by atomic mass is 32.1. The van der Waals surface area contributed by atoms with Crippen LogP contribution in [0.25, 0.3) is 11.3 Å². The van der Waals surface area contributed by atoms with E-state index in [0.29, 0.717) is 11.5 Å². The van der Waals surface area contributed by atoms with Gasteiger partial charge in [-0.2, -0.15) is 10.2 Å². The Bertz CT molecular complexity index is 773. The fourth-order valence-electron chi connectivity index (χ4n) is 2.27. The molecule has 0 aliphatic heterocycles. The minimum Gasteiger partial charge on any atom is -0.493 e. The Balaban J connectivity index is 1.87. The molecule has 0 spiro atoms. The Morgan fingerprint density at radius 2 is 1.83 bits per heavy atom. The van der Waals surface area contributed by atoms with E-state index in [2.05, 4.69) is 10.2 Å². The normalized spacial score (nSPS) is 12.0. The summed E-state index contributed by atoms with van der Waals surface area (Å²) < 4.78 is 10.6. The van der Waals surface area contributed by atoms with Gasteiger partial charge >= 0.3 is 0 Å². The molecule has 1 unspecified atom stereocenters. The molecule has 0 bridgehead atoms. The predicted molar refractivity (Wildman–Crippen MR) is 90.9 cm³/mol. The van der Waals surface area contributed by atoms with E-state index in [4.69, 9.17) is 15.2 Å². The summed E-state index contributed by atoms with van der Waals surface area (Å²) in [6, 6.07) is 13.2. The average Bonchev–Trinajstić information content (AvgIpc) is 3.15. The summed E-state index contributed by atoms with van der Waals surface area (Å²) in [5.41, 5.74) is 8.62. The van der Waals surface area contributed by atoms with Gasteiger partial charge in [-0.15, -0.1) is 11.3 Å². The first-order chi connectivity index (χ1) is 11.2. The van der Waals surface area contributed by atoms with Crippen molar-refractivity contribution in [2.75, 3.05) is 14.2 Å². The molecule has 2 heterocycles. The van der Waals surface area contributed by atoms with Gasteiger partial charge in [0.2, 0.25) is 0 Å². The van der Waals surface area contributed by atoms with Crippen LogP contribution in [0.4, 0.5) is 0 Å². The van der Waals surface area contributed by atoms with Crippen molar-refractivity contribution >= 4 is 11.3 Å². The predicted octanol–water partition coefficient (Wildman–Crippen LogP) is 3.27. The minimum absolute atomic E-state index is 0.248. The maximum absolute atomic E-state index is 6.20. The van der Waals surface area contributed by atoms with Crippen LogP contribution in [0.15, 0.2) is 47.8 Å². The van der Waals surface area contributed by atoms with Crippen LogP contribution in [0.3, 0.4) is 0 Å². The van der Waals surface area contributed by atoms with E-state index in [1.807, 2.05) is 47.8 Å². The molecular weight excluding hydrogens is 310 g/mol. The van der Waals surface area contributed by atoms with Gasteiger partial charge in [0.25, 0.3) is 0 Å². The summed E-state index contributed by atoms with van der Waals surface area (Å²) in [5.74, 6) is 1.34. The van der Waals surface area contributed by atoms with Crippen LogP contribution < -0.4 is 15.2 Å². The zero-order valence-electron chi connectivity index (χ0n) is 12.9. The molecule has 23 heavy (non-hydrogen) atoms. The minimum atomic E-state index is -0.248. The van der Waals surface area contributed by atoms with Crippen molar-refractivity contribution in [1.29, 1.82) is 0 Å². The lowest BCUT2D eigenvalue weighted by atomic mass is 10.1. The Morgan fingerprint density at radius 3 is 2.43 bits per heavy atom. The third kappa shape index (κ3) is 3.18. The second-order valence-electron chi connectivity index (χ2n) is 4.91. The van der Waals surface area contributed by atoms with Crippen LogP contribution in [0.2, 0.25) is 0 Å². The average molecular weight is 327 g/mol. The van der Waals surface area contributed by atoms with Gasteiger partial charge in [0, 0.05) is 10.4 Å². The summed E-state index contributed by atoms with van der Waals surface area (Å²) in [6.45, 7) is 0. The Kier molecular flexibility index (Phi) is 4.55. The van der Waals surface area contributed by atoms with Crippen molar-refractivity contribution in [1.82, 2.24) is 10.2 Å². The second-order valence-corrected chi connectivity index (χ2v) is 5.89. The molecule has 0 aliphatic carbocycles. The van der Waals surface area contributed by atoms with Crippen molar-refractivity contribution < 1.29 is 9.47 Å². The monoisotopic (exact) mass is 327 g/mol. The van der Waals surface area contributed by atoms with Crippen LogP contribution in [0, 0.1) is 0 Å². The van der Waals surface area contributed by atoms with E-state index in [1.54, 1.807) is 25.6 Å². The fraction of sp³-hybridized carbons (Fsp3) is 0.176. The van der Waals surface area contributed by atoms with Gasteiger partial charge in [-0.05, 0) is 41.8 Å². The smallest absolute Gasteiger partial charge is 0.161 e. The van der Waals surface area contributed by atoms with E-state index in [1.165, 1.54) is 0 Å². The molecule has 0 radical (unpaired) electrons. The first-order valence-electron chi connectivity index (χ1n) is 7.08. The molecule has 0 aliphatic rings. The maximum atomic E-state index is 6.20. The molecule has 0 amide bonds. The van der Waals surface area contributed by atoms with Gasteiger partial charge in [0.05, 0.1) is 31.6 Å². The Hall–Kier alpha value is -2.44. The topological polar surface area (TPSA) is 70.3 Å². The highest BCUT2D eigenvalue weighted by Gasteiger charge is 2.13. The number of nitrogens with two attached hydrogens (primary N) is 1. The largest absolute Gasteiger partial charge is 0.493 e. The molecule has 0 fully saturated rings. The Labute approximate surface area is 138 Å². The summed E-state index contributed by atoms with van der Waals surface area (Å²) >= 11 is 1.61. The van der Waals surface area contributed by atoms with Crippen LogP contribution in [-0.4, -0.2) is 24.4 Å². The van der Waals surface area contributed by atoms with Crippen molar-refractivity contribution in [2.45, 2.75) is 6.04 Å². The van der Waals surface area contributed by atoms with Crippen LogP contribution in [-0.2, 0) is 0 Å². The molecule has 6 heteroatoms. The van der Waals surface area contributed by atoms with Crippen molar-refractivity contribution in [3.63, 3.8) is 0 Å². The van der Waals surface area contributed by atoms with Gasteiger partial charge in [0.1, 0.15) is 0 Å².